The molecule has 5 nitrogen and oxygen atoms in total. The van der Waals surface area contributed by atoms with Gasteiger partial charge in [-0.25, -0.2) is 4.98 Å². The van der Waals surface area contributed by atoms with Gasteiger partial charge in [-0.15, -0.1) is 11.3 Å². The average molecular weight is 303 g/mol. The quantitative estimate of drug-likeness (QED) is 0.943. The van der Waals surface area contributed by atoms with E-state index in [1.54, 1.807) is 18.4 Å². The number of fused-ring (bicyclic) bond motifs is 1. The normalized spacial score (nSPS) is 17.2. The first-order valence-corrected chi connectivity index (χ1v) is 7.57. The Morgan fingerprint density at radius 1 is 1.48 bits per heavy atom. The maximum absolute atomic E-state index is 11.8. The molecule has 3 rings (SSSR count). The number of aryl methyl sites for hydroxylation is 1. The summed E-state index contributed by atoms with van der Waals surface area (Å²) < 4.78 is 0. The van der Waals surface area contributed by atoms with Crippen LogP contribution in [0, 0.1) is 6.92 Å². The van der Waals surface area contributed by atoms with Crippen molar-refractivity contribution in [3.05, 3.63) is 39.8 Å². The predicted octanol–water partition coefficient (Wildman–Crippen LogP) is 2.10. The number of aromatic nitrogens is 1. The standard InChI is InChI=1S/C15H17N3O2S/c1-9-16-10(8-21-9)7-17(2)11-4-5-12-13(6-11)18(3)15(20)14(12)19/h4-6,8,14,19H,7H2,1-3H3. The van der Waals surface area contributed by atoms with Crippen LogP contribution in [-0.2, 0) is 11.3 Å². The van der Waals surface area contributed by atoms with E-state index in [4.69, 9.17) is 0 Å². The summed E-state index contributed by atoms with van der Waals surface area (Å²) in [6.45, 7) is 2.70. The Morgan fingerprint density at radius 3 is 2.90 bits per heavy atom. The van der Waals surface area contributed by atoms with Crippen molar-refractivity contribution in [2.75, 3.05) is 23.9 Å². The molecule has 1 atom stereocenters. The maximum Gasteiger partial charge on any atom is 0.260 e. The van der Waals surface area contributed by atoms with Crippen LogP contribution in [0.25, 0.3) is 0 Å². The molecule has 1 aromatic carbocycles. The van der Waals surface area contributed by atoms with E-state index in [0.29, 0.717) is 12.1 Å². The fourth-order valence-corrected chi connectivity index (χ4v) is 3.15. The van der Waals surface area contributed by atoms with Crippen molar-refractivity contribution in [1.29, 1.82) is 0 Å². The lowest BCUT2D eigenvalue weighted by Gasteiger charge is -2.20. The van der Waals surface area contributed by atoms with Gasteiger partial charge in [-0.2, -0.15) is 0 Å². The zero-order valence-corrected chi connectivity index (χ0v) is 13.0. The third-order valence-corrected chi connectivity index (χ3v) is 4.56. The zero-order valence-electron chi connectivity index (χ0n) is 12.2. The van der Waals surface area contributed by atoms with Gasteiger partial charge in [0.05, 0.1) is 22.9 Å². The molecule has 2 aromatic rings. The molecule has 1 aliphatic heterocycles. The first-order valence-electron chi connectivity index (χ1n) is 6.69. The summed E-state index contributed by atoms with van der Waals surface area (Å²) in [6, 6.07) is 5.68. The number of hydrogen-bond donors (Lipinski definition) is 1. The summed E-state index contributed by atoms with van der Waals surface area (Å²) in [5, 5.41) is 13.0. The number of nitrogens with zero attached hydrogens (tertiary/aromatic N) is 3. The van der Waals surface area contributed by atoms with Crippen LogP contribution in [0.4, 0.5) is 11.4 Å². The highest BCUT2D eigenvalue weighted by Crippen LogP contribution is 2.37. The van der Waals surface area contributed by atoms with Crippen LogP contribution in [0.5, 0.6) is 0 Å². The molecule has 1 aliphatic rings. The molecule has 0 spiro atoms. The first-order chi connectivity index (χ1) is 9.97. The molecule has 0 radical (unpaired) electrons. The summed E-state index contributed by atoms with van der Waals surface area (Å²) in [4.78, 5) is 19.8. The molecular formula is C15H17N3O2S. The monoisotopic (exact) mass is 303 g/mol. The van der Waals surface area contributed by atoms with Crippen molar-refractivity contribution in [2.24, 2.45) is 0 Å². The zero-order chi connectivity index (χ0) is 15.1. The Hall–Kier alpha value is -1.92. The van der Waals surface area contributed by atoms with Crippen molar-refractivity contribution < 1.29 is 9.90 Å². The summed E-state index contributed by atoms with van der Waals surface area (Å²) >= 11 is 1.64. The Kier molecular flexibility index (Phi) is 3.43. The van der Waals surface area contributed by atoms with E-state index in [1.165, 1.54) is 4.90 Å². The van der Waals surface area contributed by atoms with Gasteiger partial charge < -0.3 is 14.9 Å². The molecule has 0 saturated carbocycles. The minimum absolute atomic E-state index is 0.278. The number of carbonyl (C=O) groups is 1. The van der Waals surface area contributed by atoms with Gasteiger partial charge in [-0.3, -0.25) is 4.79 Å². The number of amides is 1. The molecule has 1 N–H and O–H groups in total. The lowest BCUT2D eigenvalue weighted by Crippen LogP contribution is -2.23. The Labute approximate surface area is 127 Å². The highest BCUT2D eigenvalue weighted by atomic mass is 32.1. The topological polar surface area (TPSA) is 56.7 Å². The van der Waals surface area contributed by atoms with Gasteiger partial charge in [0.1, 0.15) is 0 Å². The van der Waals surface area contributed by atoms with Crippen LogP contribution >= 0.6 is 11.3 Å². The van der Waals surface area contributed by atoms with Crippen LogP contribution in [-0.4, -0.2) is 30.1 Å². The lowest BCUT2D eigenvalue weighted by molar-refractivity contribution is -0.125. The Balaban J connectivity index is 1.86. The Morgan fingerprint density at radius 2 is 2.24 bits per heavy atom. The molecule has 0 saturated heterocycles. The molecule has 110 valence electrons. The van der Waals surface area contributed by atoms with Crippen LogP contribution in [0.15, 0.2) is 23.6 Å². The number of anilines is 2. The third kappa shape index (κ3) is 2.41. The van der Waals surface area contributed by atoms with E-state index in [1.807, 2.05) is 32.2 Å². The maximum atomic E-state index is 11.8. The molecule has 21 heavy (non-hydrogen) atoms. The van der Waals surface area contributed by atoms with Gasteiger partial charge in [0.15, 0.2) is 6.10 Å². The molecule has 0 bridgehead atoms. The lowest BCUT2D eigenvalue weighted by atomic mass is 10.1. The third-order valence-electron chi connectivity index (χ3n) is 3.74. The van der Waals surface area contributed by atoms with Crippen molar-refractivity contribution in [3.63, 3.8) is 0 Å². The summed E-state index contributed by atoms with van der Waals surface area (Å²) in [7, 11) is 3.68. The fourth-order valence-electron chi connectivity index (χ4n) is 2.54. The van der Waals surface area contributed by atoms with E-state index >= 15 is 0 Å². The van der Waals surface area contributed by atoms with E-state index in [-0.39, 0.29) is 5.91 Å². The van der Waals surface area contributed by atoms with Gasteiger partial charge in [-0.1, -0.05) is 6.07 Å². The Bertz CT molecular complexity index is 698. The summed E-state index contributed by atoms with van der Waals surface area (Å²) in [5.41, 5.74) is 3.47. The molecule has 2 heterocycles. The summed E-state index contributed by atoms with van der Waals surface area (Å²) in [5.74, 6) is -0.278. The number of likely N-dealkylation sites (N-methyl/N-ethyl adjacent to an activating group) is 1. The average Bonchev–Trinajstić information content (AvgIpc) is 2.97. The van der Waals surface area contributed by atoms with Gasteiger partial charge in [0.2, 0.25) is 0 Å². The van der Waals surface area contributed by atoms with Crippen molar-refractivity contribution in [3.8, 4) is 0 Å². The minimum Gasteiger partial charge on any atom is -0.378 e. The minimum atomic E-state index is -1.04. The van der Waals surface area contributed by atoms with Gasteiger partial charge in [0, 0.05) is 30.7 Å². The number of carbonyl (C=O) groups excluding carboxylic acids is 1. The number of aliphatic hydroxyl groups excluding tert-OH is 1. The van der Waals surface area contributed by atoms with Crippen LogP contribution in [0.1, 0.15) is 22.4 Å². The van der Waals surface area contributed by atoms with Crippen LogP contribution < -0.4 is 9.80 Å². The van der Waals surface area contributed by atoms with Crippen LogP contribution in [0.3, 0.4) is 0 Å². The fraction of sp³-hybridized carbons (Fsp3) is 0.333. The van der Waals surface area contributed by atoms with Crippen molar-refractivity contribution in [2.45, 2.75) is 19.6 Å². The van der Waals surface area contributed by atoms with E-state index in [9.17, 15) is 9.90 Å². The van der Waals surface area contributed by atoms with Crippen molar-refractivity contribution >= 4 is 28.6 Å². The van der Waals surface area contributed by atoms with E-state index in [2.05, 4.69) is 15.3 Å². The van der Waals surface area contributed by atoms with E-state index < -0.39 is 6.10 Å². The second kappa shape index (κ2) is 5.13. The second-order valence-electron chi connectivity index (χ2n) is 5.26. The number of aliphatic hydroxyl groups is 1. The number of thiazole rings is 1. The largest absolute Gasteiger partial charge is 0.378 e. The molecule has 1 amide bonds. The van der Waals surface area contributed by atoms with Crippen molar-refractivity contribution in [1.82, 2.24) is 4.98 Å². The predicted molar refractivity (Wildman–Crippen MR) is 83.8 cm³/mol. The number of rotatable bonds is 3. The second-order valence-corrected chi connectivity index (χ2v) is 6.32. The molecule has 6 heteroatoms. The number of benzene rings is 1. The first kappa shape index (κ1) is 14.0. The SMILES string of the molecule is Cc1nc(CN(C)c2ccc3c(c2)N(C)C(=O)C3O)cs1. The molecular weight excluding hydrogens is 286 g/mol. The highest BCUT2D eigenvalue weighted by Gasteiger charge is 2.33. The summed E-state index contributed by atoms with van der Waals surface area (Å²) in [6.07, 6.45) is -1.04. The molecule has 1 aromatic heterocycles. The van der Waals surface area contributed by atoms with E-state index in [0.717, 1.165) is 22.1 Å². The van der Waals surface area contributed by atoms with Gasteiger partial charge in [-0.05, 0) is 19.1 Å². The van der Waals surface area contributed by atoms with Gasteiger partial charge in [0.25, 0.3) is 5.91 Å². The molecule has 0 aliphatic carbocycles. The smallest absolute Gasteiger partial charge is 0.260 e. The van der Waals surface area contributed by atoms with Crippen LogP contribution in [0.2, 0.25) is 0 Å². The molecule has 0 fully saturated rings. The molecule has 1 unspecified atom stereocenters. The highest BCUT2D eigenvalue weighted by molar-refractivity contribution is 7.09. The number of hydrogen-bond acceptors (Lipinski definition) is 5. The van der Waals surface area contributed by atoms with Gasteiger partial charge >= 0.3 is 0 Å².